The minimum Gasteiger partial charge on any atom is -0.508 e. The molecule has 0 saturated heterocycles. The van der Waals surface area contributed by atoms with Gasteiger partial charge in [-0.25, -0.2) is 0 Å². The molecule has 3 rings (SSSR count). The zero-order chi connectivity index (χ0) is 19.1. The van der Waals surface area contributed by atoms with Crippen LogP contribution in [0.15, 0.2) is 54.6 Å². The van der Waals surface area contributed by atoms with Crippen molar-refractivity contribution in [2.24, 2.45) is 0 Å². The van der Waals surface area contributed by atoms with Crippen molar-refractivity contribution < 1.29 is 19.7 Å². The standard InChI is InChI=1S/C22H27NO4/c1-26-11-9-17-12-19-22(21(25)13-17)18(20(24)8-5-10-23-19)15-27-14-16-6-3-2-4-7-16/h2-8,12-13,18,20,23-25H,9-11,14-15H2,1H3/b8-5-/t18-,20+/m1/s1. The van der Waals surface area contributed by atoms with Crippen LogP contribution in [-0.2, 0) is 22.5 Å². The highest BCUT2D eigenvalue weighted by atomic mass is 16.5. The van der Waals surface area contributed by atoms with E-state index in [0.29, 0.717) is 38.3 Å². The highest BCUT2D eigenvalue weighted by Crippen LogP contribution is 2.38. The Balaban J connectivity index is 1.81. The van der Waals surface area contributed by atoms with E-state index in [-0.39, 0.29) is 11.7 Å². The summed E-state index contributed by atoms with van der Waals surface area (Å²) < 4.78 is 11.0. The van der Waals surface area contributed by atoms with Crippen molar-refractivity contribution in [2.75, 3.05) is 32.2 Å². The predicted octanol–water partition coefficient (Wildman–Crippen LogP) is 3.22. The minimum absolute atomic E-state index is 0.175. The molecule has 0 bridgehead atoms. The number of methoxy groups -OCH3 is 1. The summed E-state index contributed by atoms with van der Waals surface area (Å²) in [4.78, 5) is 0. The van der Waals surface area contributed by atoms with Gasteiger partial charge in [-0.05, 0) is 29.7 Å². The number of nitrogens with one attached hydrogen (secondary N) is 1. The molecule has 0 amide bonds. The Morgan fingerprint density at radius 2 is 1.96 bits per heavy atom. The molecule has 0 radical (unpaired) electrons. The van der Waals surface area contributed by atoms with E-state index in [1.54, 1.807) is 19.3 Å². The van der Waals surface area contributed by atoms with Crippen molar-refractivity contribution in [2.45, 2.75) is 25.0 Å². The van der Waals surface area contributed by atoms with E-state index in [0.717, 1.165) is 16.8 Å². The number of aliphatic hydroxyl groups excluding tert-OH is 1. The first kappa shape index (κ1) is 19.4. The number of anilines is 1. The van der Waals surface area contributed by atoms with Gasteiger partial charge >= 0.3 is 0 Å². The lowest BCUT2D eigenvalue weighted by Crippen LogP contribution is -2.25. The van der Waals surface area contributed by atoms with E-state index in [9.17, 15) is 10.2 Å². The molecular formula is C22H27NO4. The molecule has 0 saturated carbocycles. The molecule has 0 unspecified atom stereocenters. The Labute approximate surface area is 160 Å². The van der Waals surface area contributed by atoms with Crippen molar-refractivity contribution in [3.8, 4) is 5.75 Å². The van der Waals surface area contributed by atoms with Crippen molar-refractivity contribution in [1.82, 2.24) is 0 Å². The molecule has 3 N–H and O–H groups in total. The Morgan fingerprint density at radius 1 is 1.15 bits per heavy atom. The molecule has 27 heavy (non-hydrogen) atoms. The quantitative estimate of drug-likeness (QED) is 0.654. The second-order valence-corrected chi connectivity index (χ2v) is 6.73. The van der Waals surface area contributed by atoms with E-state index in [1.807, 2.05) is 42.5 Å². The van der Waals surface area contributed by atoms with Gasteiger partial charge in [-0.1, -0.05) is 42.5 Å². The summed E-state index contributed by atoms with van der Waals surface area (Å²) in [5.74, 6) is -0.182. The number of phenols is 1. The Kier molecular flexibility index (Phi) is 6.87. The minimum atomic E-state index is -0.725. The first-order valence-corrected chi connectivity index (χ1v) is 9.24. The summed E-state index contributed by atoms with van der Waals surface area (Å²) in [6.45, 7) is 1.95. The third kappa shape index (κ3) is 5.10. The average molecular weight is 369 g/mol. The fraction of sp³-hybridized carbons (Fsp3) is 0.364. The molecule has 0 fully saturated rings. The normalized spacial score (nSPS) is 20.2. The fourth-order valence-electron chi connectivity index (χ4n) is 3.34. The molecule has 2 aromatic carbocycles. The van der Waals surface area contributed by atoms with Gasteiger partial charge in [0.2, 0.25) is 0 Å². The molecule has 5 nitrogen and oxygen atoms in total. The number of ether oxygens (including phenoxy) is 2. The van der Waals surface area contributed by atoms with Crippen molar-refractivity contribution in [3.05, 3.63) is 71.3 Å². The molecular weight excluding hydrogens is 342 g/mol. The van der Waals surface area contributed by atoms with Crippen LogP contribution in [0.25, 0.3) is 0 Å². The summed E-state index contributed by atoms with van der Waals surface area (Å²) in [5.41, 5.74) is 3.59. The molecule has 1 aliphatic rings. The number of rotatable bonds is 7. The average Bonchev–Trinajstić information content (AvgIpc) is 2.67. The Hall–Kier alpha value is -2.34. The third-order valence-corrected chi connectivity index (χ3v) is 4.75. The van der Waals surface area contributed by atoms with Crippen LogP contribution in [0.4, 0.5) is 5.69 Å². The molecule has 0 spiro atoms. The number of hydrogen-bond acceptors (Lipinski definition) is 5. The molecule has 1 heterocycles. The lowest BCUT2D eigenvalue weighted by atomic mass is 9.89. The summed E-state index contributed by atoms with van der Waals surface area (Å²) in [6, 6.07) is 13.7. The van der Waals surface area contributed by atoms with E-state index in [1.165, 1.54) is 0 Å². The van der Waals surface area contributed by atoms with Gasteiger partial charge in [0.15, 0.2) is 0 Å². The fourth-order valence-corrected chi connectivity index (χ4v) is 3.34. The molecule has 2 atom stereocenters. The smallest absolute Gasteiger partial charge is 0.121 e. The second-order valence-electron chi connectivity index (χ2n) is 6.73. The Bertz CT molecular complexity index is 760. The van der Waals surface area contributed by atoms with Gasteiger partial charge in [0, 0.05) is 30.8 Å². The maximum absolute atomic E-state index is 10.7. The first-order chi connectivity index (χ1) is 13.2. The zero-order valence-corrected chi connectivity index (χ0v) is 15.6. The summed E-state index contributed by atoms with van der Waals surface area (Å²) >= 11 is 0. The van der Waals surface area contributed by atoms with Gasteiger partial charge in [0.25, 0.3) is 0 Å². The lowest BCUT2D eigenvalue weighted by molar-refractivity contribution is 0.0684. The van der Waals surface area contributed by atoms with Gasteiger partial charge in [0.05, 0.1) is 25.9 Å². The molecule has 2 aromatic rings. The lowest BCUT2D eigenvalue weighted by Gasteiger charge is -2.27. The zero-order valence-electron chi connectivity index (χ0n) is 15.6. The van der Waals surface area contributed by atoms with Crippen LogP contribution in [0.5, 0.6) is 5.75 Å². The molecule has 144 valence electrons. The van der Waals surface area contributed by atoms with Gasteiger partial charge in [-0.3, -0.25) is 0 Å². The molecule has 0 aromatic heterocycles. The highest BCUT2D eigenvalue weighted by Gasteiger charge is 2.27. The van der Waals surface area contributed by atoms with Crippen LogP contribution in [0.1, 0.15) is 22.6 Å². The van der Waals surface area contributed by atoms with E-state index >= 15 is 0 Å². The monoisotopic (exact) mass is 369 g/mol. The molecule has 5 heteroatoms. The van der Waals surface area contributed by atoms with Crippen LogP contribution in [0.3, 0.4) is 0 Å². The van der Waals surface area contributed by atoms with E-state index < -0.39 is 6.10 Å². The topological polar surface area (TPSA) is 71.0 Å². The number of hydrogen-bond donors (Lipinski definition) is 3. The summed E-state index contributed by atoms with van der Waals surface area (Å²) in [5, 5.41) is 24.6. The van der Waals surface area contributed by atoms with Crippen LogP contribution in [-0.4, -0.2) is 43.2 Å². The van der Waals surface area contributed by atoms with Gasteiger partial charge in [0.1, 0.15) is 5.75 Å². The van der Waals surface area contributed by atoms with Crippen LogP contribution in [0, 0.1) is 0 Å². The maximum Gasteiger partial charge on any atom is 0.121 e. The SMILES string of the molecule is COCCc1cc(O)c2c(c1)NC/C=C\[C@H](O)[C@H]2COCc1ccccc1. The molecule has 1 aliphatic heterocycles. The number of benzene rings is 2. The van der Waals surface area contributed by atoms with E-state index in [2.05, 4.69) is 5.32 Å². The van der Waals surface area contributed by atoms with Gasteiger partial charge in [-0.15, -0.1) is 0 Å². The second kappa shape index (κ2) is 9.55. The molecule has 0 aliphatic carbocycles. The number of aliphatic hydroxyl groups is 1. The van der Waals surface area contributed by atoms with Crippen molar-refractivity contribution in [1.29, 1.82) is 0 Å². The summed E-state index contributed by atoms with van der Waals surface area (Å²) in [6.07, 6.45) is 3.64. The summed E-state index contributed by atoms with van der Waals surface area (Å²) in [7, 11) is 1.66. The number of aromatic hydroxyl groups is 1. The highest BCUT2D eigenvalue weighted by molar-refractivity contribution is 5.62. The van der Waals surface area contributed by atoms with Crippen LogP contribution >= 0.6 is 0 Å². The van der Waals surface area contributed by atoms with Crippen molar-refractivity contribution >= 4 is 5.69 Å². The number of fused-ring (bicyclic) bond motifs is 1. The van der Waals surface area contributed by atoms with Crippen molar-refractivity contribution in [3.63, 3.8) is 0 Å². The third-order valence-electron chi connectivity index (χ3n) is 4.75. The van der Waals surface area contributed by atoms with Crippen LogP contribution < -0.4 is 5.32 Å². The maximum atomic E-state index is 10.7. The largest absolute Gasteiger partial charge is 0.508 e. The van der Waals surface area contributed by atoms with Gasteiger partial charge in [-0.2, -0.15) is 0 Å². The van der Waals surface area contributed by atoms with Gasteiger partial charge < -0.3 is 25.0 Å². The number of phenolic OH excluding ortho intramolecular Hbond substituents is 1. The first-order valence-electron chi connectivity index (χ1n) is 9.24. The predicted molar refractivity (Wildman–Crippen MR) is 106 cm³/mol. The van der Waals surface area contributed by atoms with E-state index in [4.69, 9.17) is 9.47 Å². The Morgan fingerprint density at radius 3 is 2.74 bits per heavy atom. The van der Waals surface area contributed by atoms with Crippen LogP contribution in [0.2, 0.25) is 0 Å².